The Labute approximate surface area is 129 Å². The van der Waals surface area contributed by atoms with Gasteiger partial charge in [-0.3, -0.25) is 4.79 Å². The van der Waals surface area contributed by atoms with Gasteiger partial charge in [0.25, 0.3) is 0 Å². The topological polar surface area (TPSA) is 59.6 Å². The standard InChI is InChI=1S/C14H19FN2O3.ClH/c1-10-13(16-5-7-19-10)14(18)17-6-8-20-12-4-2-3-11(15)9-12;/h2-4,9-10,13,16H,5-8H2,1H3,(H,17,18);1H/t10-,13+;/m1./s1. The third kappa shape index (κ3) is 5.49. The number of carbonyl (C=O) groups excluding carboxylic acids is 1. The molecular formula is C14H20ClFN2O3. The molecule has 1 aliphatic rings. The van der Waals surface area contributed by atoms with E-state index in [1.165, 1.54) is 12.1 Å². The van der Waals surface area contributed by atoms with Gasteiger partial charge in [0.2, 0.25) is 5.91 Å². The zero-order chi connectivity index (χ0) is 14.4. The molecule has 1 fully saturated rings. The molecule has 0 saturated carbocycles. The van der Waals surface area contributed by atoms with Crippen LogP contribution in [0.1, 0.15) is 6.92 Å². The first-order valence-electron chi connectivity index (χ1n) is 6.68. The highest BCUT2D eigenvalue weighted by atomic mass is 35.5. The lowest BCUT2D eigenvalue weighted by Gasteiger charge is -2.29. The van der Waals surface area contributed by atoms with Crippen LogP contribution in [0, 0.1) is 5.82 Å². The van der Waals surface area contributed by atoms with Crippen LogP contribution in [0.25, 0.3) is 0 Å². The highest BCUT2D eigenvalue weighted by Gasteiger charge is 2.27. The number of hydrogen-bond donors (Lipinski definition) is 2. The van der Waals surface area contributed by atoms with Crippen molar-refractivity contribution >= 4 is 18.3 Å². The van der Waals surface area contributed by atoms with E-state index >= 15 is 0 Å². The van der Waals surface area contributed by atoms with Crippen LogP contribution in [0.2, 0.25) is 0 Å². The molecule has 0 bridgehead atoms. The van der Waals surface area contributed by atoms with E-state index < -0.39 is 0 Å². The van der Waals surface area contributed by atoms with E-state index in [2.05, 4.69) is 10.6 Å². The molecule has 0 spiro atoms. The van der Waals surface area contributed by atoms with Crippen molar-refractivity contribution in [1.82, 2.24) is 10.6 Å². The fourth-order valence-corrected chi connectivity index (χ4v) is 2.04. The van der Waals surface area contributed by atoms with Crippen LogP contribution < -0.4 is 15.4 Å². The van der Waals surface area contributed by atoms with Gasteiger partial charge in [0, 0.05) is 12.6 Å². The van der Waals surface area contributed by atoms with Crippen LogP contribution in [0.15, 0.2) is 24.3 Å². The highest BCUT2D eigenvalue weighted by molar-refractivity contribution is 5.85. The fraction of sp³-hybridized carbons (Fsp3) is 0.500. The van der Waals surface area contributed by atoms with E-state index in [0.717, 1.165) is 0 Å². The summed E-state index contributed by atoms with van der Waals surface area (Å²) in [6.07, 6.45) is -0.145. The molecule has 118 valence electrons. The molecule has 1 heterocycles. The highest BCUT2D eigenvalue weighted by Crippen LogP contribution is 2.11. The van der Waals surface area contributed by atoms with E-state index in [0.29, 0.717) is 25.4 Å². The molecule has 0 aromatic heterocycles. The summed E-state index contributed by atoms with van der Waals surface area (Å²) in [5.41, 5.74) is 0. The molecule has 1 aliphatic heterocycles. The minimum atomic E-state index is -0.344. The van der Waals surface area contributed by atoms with Crippen LogP contribution in [-0.2, 0) is 9.53 Å². The summed E-state index contributed by atoms with van der Waals surface area (Å²) in [5, 5.41) is 5.87. The van der Waals surface area contributed by atoms with Crippen LogP contribution in [0.5, 0.6) is 5.75 Å². The van der Waals surface area contributed by atoms with Gasteiger partial charge in [-0.1, -0.05) is 6.07 Å². The van der Waals surface area contributed by atoms with Crippen molar-refractivity contribution in [3.05, 3.63) is 30.1 Å². The first kappa shape index (κ1) is 17.7. The van der Waals surface area contributed by atoms with E-state index in [1.54, 1.807) is 12.1 Å². The van der Waals surface area contributed by atoms with Crippen LogP contribution >= 0.6 is 12.4 Å². The Bertz CT molecular complexity index is 462. The Balaban J connectivity index is 0.00000220. The Kier molecular flexibility index (Phi) is 7.42. The van der Waals surface area contributed by atoms with Gasteiger partial charge in [-0.25, -0.2) is 4.39 Å². The van der Waals surface area contributed by atoms with Gasteiger partial charge in [0.15, 0.2) is 0 Å². The second-order valence-electron chi connectivity index (χ2n) is 4.60. The van der Waals surface area contributed by atoms with Crippen molar-refractivity contribution in [3.63, 3.8) is 0 Å². The van der Waals surface area contributed by atoms with Gasteiger partial charge in [-0.15, -0.1) is 12.4 Å². The van der Waals surface area contributed by atoms with Crippen LogP contribution in [0.3, 0.4) is 0 Å². The van der Waals surface area contributed by atoms with Gasteiger partial charge in [-0.2, -0.15) is 0 Å². The summed E-state index contributed by atoms with van der Waals surface area (Å²) in [5.74, 6) is -0.00398. The SMILES string of the molecule is C[C@H]1OCCN[C@@H]1C(=O)NCCOc1cccc(F)c1.Cl. The molecule has 1 aromatic rings. The third-order valence-electron chi connectivity index (χ3n) is 3.07. The second kappa shape index (κ2) is 8.81. The molecule has 0 radical (unpaired) electrons. The number of rotatable bonds is 5. The largest absolute Gasteiger partial charge is 0.492 e. The van der Waals surface area contributed by atoms with Gasteiger partial charge in [-0.05, 0) is 19.1 Å². The number of hydrogen-bond acceptors (Lipinski definition) is 4. The average molecular weight is 319 g/mol. The Morgan fingerprint density at radius 3 is 3.10 bits per heavy atom. The molecular weight excluding hydrogens is 299 g/mol. The first-order chi connectivity index (χ1) is 9.66. The van der Waals surface area contributed by atoms with Gasteiger partial charge >= 0.3 is 0 Å². The van der Waals surface area contributed by atoms with E-state index in [4.69, 9.17) is 9.47 Å². The first-order valence-corrected chi connectivity index (χ1v) is 6.68. The molecule has 21 heavy (non-hydrogen) atoms. The Morgan fingerprint density at radius 2 is 2.38 bits per heavy atom. The number of morpholine rings is 1. The van der Waals surface area contributed by atoms with Crippen molar-refractivity contribution in [2.45, 2.75) is 19.1 Å². The minimum Gasteiger partial charge on any atom is -0.492 e. The zero-order valence-corrected chi connectivity index (χ0v) is 12.6. The third-order valence-corrected chi connectivity index (χ3v) is 3.07. The normalized spacial score (nSPS) is 21.2. The zero-order valence-electron chi connectivity index (χ0n) is 11.8. The number of halogens is 2. The number of benzene rings is 1. The maximum Gasteiger partial charge on any atom is 0.239 e. The number of carbonyl (C=O) groups is 1. The van der Waals surface area contributed by atoms with Crippen molar-refractivity contribution in [2.75, 3.05) is 26.3 Å². The molecule has 2 atom stereocenters. The summed E-state index contributed by atoms with van der Waals surface area (Å²) in [6, 6.07) is 5.57. The van der Waals surface area contributed by atoms with Gasteiger partial charge in [0.05, 0.1) is 19.3 Å². The monoisotopic (exact) mass is 318 g/mol. The Hall–Kier alpha value is -1.37. The lowest BCUT2D eigenvalue weighted by Crippen LogP contribution is -2.55. The van der Waals surface area contributed by atoms with Gasteiger partial charge in [0.1, 0.15) is 24.2 Å². The number of amides is 1. The summed E-state index contributed by atoms with van der Waals surface area (Å²) in [6.45, 7) is 3.80. The smallest absolute Gasteiger partial charge is 0.239 e. The lowest BCUT2D eigenvalue weighted by atomic mass is 10.1. The summed E-state index contributed by atoms with van der Waals surface area (Å²) < 4.78 is 23.7. The molecule has 0 aliphatic carbocycles. The molecule has 1 saturated heterocycles. The van der Waals surface area contributed by atoms with E-state index in [-0.39, 0.29) is 42.9 Å². The van der Waals surface area contributed by atoms with Crippen LogP contribution in [-0.4, -0.2) is 44.4 Å². The van der Waals surface area contributed by atoms with Gasteiger partial charge < -0.3 is 20.1 Å². The maximum absolute atomic E-state index is 12.9. The fourth-order valence-electron chi connectivity index (χ4n) is 2.04. The van der Waals surface area contributed by atoms with Crippen molar-refractivity contribution in [2.24, 2.45) is 0 Å². The lowest BCUT2D eigenvalue weighted by molar-refractivity contribution is -0.129. The van der Waals surface area contributed by atoms with E-state index in [1.807, 2.05) is 6.92 Å². The van der Waals surface area contributed by atoms with E-state index in [9.17, 15) is 9.18 Å². The summed E-state index contributed by atoms with van der Waals surface area (Å²) in [4.78, 5) is 11.9. The number of ether oxygens (including phenoxy) is 2. The van der Waals surface area contributed by atoms with Crippen molar-refractivity contribution in [1.29, 1.82) is 0 Å². The predicted octanol–water partition coefficient (Wildman–Crippen LogP) is 1.12. The molecule has 5 nitrogen and oxygen atoms in total. The average Bonchev–Trinajstić information content (AvgIpc) is 2.44. The number of nitrogens with one attached hydrogen (secondary N) is 2. The maximum atomic E-state index is 12.9. The quantitative estimate of drug-likeness (QED) is 0.799. The molecule has 1 amide bonds. The minimum absolute atomic E-state index is 0. The summed E-state index contributed by atoms with van der Waals surface area (Å²) in [7, 11) is 0. The molecule has 2 N–H and O–H groups in total. The Morgan fingerprint density at radius 1 is 1.57 bits per heavy atom. The molecule has 0 unspecified atom stereocenters. The van der Waals surface area contributed by atoms with Crippen LogP contribution in [0.4, 0.5) is 4.39 Å². The predicted molar refractivity (Wildman–Crippen MR) is 79.4 cm³/mol. The molecule has 1 aromatic carbocycles. The van der Waals surface area contributed by atoms with Crippen molar-refractivity contribution in [3.8, 4) is 5.75 Å². The summed E-state index contributed by atoms with van der Waals surface area (Å²) >= 11 is 0. The second-order valence-corrected chi connectivity index (χ2v) is 4.60. The molecule has 7 heteroatoms. The molecule has 2 rings (SSSR count). The van der Waals surface area contributed by atoms with Crippen molar-refractivity contribution < 1.29 is 18.7 Å².